The van der Waals surface area contributed by atoms with E-state index in [2.05, 4.69) is 0 Å². The van der Waals surface area contributed by atoms with Crippen molar-refractivity contribution in [1.29, 1.82) is 0 Å². The number of aromatic nitrogens is 1. The number of para-hydroxylation sites is 1. The van der Waals surface area contributed by atoms with E-state index in [1.54, 1.807) is 23.4 Å². The van der Waals surface area contributed by atoms with Gasteiger partial charge in [-0.2, -0.15) is 13.2 Å². The fourth-order valence-corrected chi connectivity index (χ4v) is 4.97. The van der Waals surface area contributed by atoms with Crippen molar-refractivity contribution in [3.05, 3.63) is 70.7 Å². The quantitative estimate of drug-likeness (QED) is 0.450. The number of likely N-dealkylation sites (tertiary alicyclic amines) is 1. The number of carbonyl (C=O) groups excluding carboxylic acids is 2. The molecule has 0 radical (unpaired) electrons. The van der Waals surface area contributed by atoms with E-state index in [0.717, 1.165) is 22.5 Å². The summed E-state index contributed by atoms with van der Waals surface area (Å²) in [7, 11) is 1.63. The molecule has 2 aromatic carbocycles. The van der Waals surface area contributed by atoms with Crippen LogP contribution in [-0.2, 0) is 22.6 Å². The standard InChI is InChI=1S/C27H29F4N3O3/c1-17-4-3-5-22-23(16-34(24(17)22)10-11-37-2)25(35)33-8-6-19(7-9-33)20-12-18(13-21(28)14-20)15-32-26(36)27(29,30)31/h3-5,12-14,16,19H,6-11,15H2,1-2H3,(H,32,36). The van der Waals surface area contributed by atoms with Gasteiger partial charge in [-0.1, -0.05) is 24.3 Å². The van der Waals surface area contributed by atoms with Crippen LogP contribution in [0.3, 0.4) is 0 Å². The van der Waals surface area contributed by atoms with Gasteiger partial charge in [-0.05, 0) is 54.5 Å². The van der Waals surface area contributed by atoms with Gasteiger partial charge in [0.15, 0.2) is 0 Å². The molecule has 0 atom stereocenters. The largest absolute Gasteiger partial charge is 0.471 e. The second-order valence-corrected chi connectivity index (χ2v) is 9.34. The van der Waals surface area contributed by atoms with Crippen molar-refractivity contribution < 1.29 is 31.9 Å². The minimum atomic E-state index is -5.00. The molecule has 0 bridgehead atoms. The first-order chi connectivity index (χ1) is 17.6. The first-order valence-corrected chi connectivity index (χ1v) is 12.1. The zero-order valence-electron chi connectivity index (χ0n) is 20.7. The van der Waals surface area contributed by atoms with Crippen LogP contribution in [0.4, 0.5) is 17.6 Å². The molecule has 2 amide bonds. The highest BCUT2D eigenvalue weighted by atomic mass is 19.4. The third-order valence-corrected chi connectivity index (χ3v) is 6.81. The molecular formula is C27H29F4N3O3. The number of benzene rings is 2. The molecule has 1 saturated heterocycles. The van der Waals surface area contributed by atoms with E-state index in [1.165, 1.54) is 6.07 Å². The summed E-state index contributed by atoms with van der Waals surface area (Å²) in [6.07, 6.45) is -1.95. The van der Waals surface area contributed by atoms with Crippen LogP contribution in [0.2, 0.25) is 0 Å². The van der Waals surface area contributed by atoms with E-state index in [0.29, 0.717) is 50.2 Å². The lowest BCUT2D eigenvalue weighted by Gasteiger charge is -2.32. The lowest BCUT2D eigenvalue weighted by atomic mass is 9.88. The molecule has 1 aliphatic heterocycles. The minimum absolute atomic E-state index is 0.0536. The van der Waals surface area contributed by atoms with Crippen LogP contribution in [0.1, 0.15) is 45.8 Å². The molecule has 1 N–H and O–H groups in total. The maximum absolute atomic E-state index is 14.2. The summed E-state index contributed by atoms with van der Waals surface area (Å²) < 4.78 is 58.9. The monoisotopic (exact) mass is 519 g/mol. The molecule has 10 heteroatoms. The Morgan fingerprint density at radius 3 is 2.54 bits per heavy atom. The van der Waals surface area contributed by atoms with Gasteiger partial charge in [0.25, 0.3) is 5.91 Å². The fraction of sp³-hybridized carbons (Fsp3) is 0.407. The van der Waals surface area contributed by atoms with Gasteiger partial charge in [0.1, 0.15) is 5.82 Å². The second-order valence-electron chi connectivity index (χ2n) is 9.34. The first-order valence-electron chi connectivity index (χ1n) is 12.1. The molecule has 1 fully saturated rings. The Hall–Kier alpha value is -3.40. The van der Waals surface area contributed by atoms with E-state index < -0.39 is 24.4 Å². The Morgan fingerprint density at radius 1 is 1.14 bits per heavy atom. The molecular weight excluding hydrogens is 490 g/mol. The molecule has 1 aromatic heterocycles. The van der Waals surface area contributed by atoms with Crippen LogP contribution in [0.25, 0.3) is 10.9 Å². The van der Waals surface area contributed by atoms with Crippen molar-refractivity contribution in [2.75, 3.05) is 26.8 Å². The molecule has 1 aliphatic rings. The molecule has 0 saturated carbocycles. The van der Waals surface area contributed by atoms with Crippen molar-refractivity contribution in [2.45, 2.75) is 44.9 Å². The maximum Gasteiger partial charge on any atom is 0.471 e. The Labute approximate surface area is 212 Å². The number of aryl methyl sites for hydroxylation is 1. The number of carbonyl (C=O) groups is 2. The number of rotatable bonds is 7. The fourth-order valence-electron chi connectivity index (χ4n) is 4.97. The van der Waals surface area contributed by atoms with Gasteiger partial charge >= 0.3 is 12.1 Å². The SMILES string of the molecule is COCCn1cc(C(=O)N2CCC(c3cc(F)cc(CNC(=O)C(F)(F)F)c3)CC2)c2cccc(C)c21. The Kier molecular flexibility index (Phi) is 7.87. The van der Waals surface area contributed by atoms with Gasteiger partial charge < -0.3 is 19.5 Å². The number of hydrogen-bond acceptors (Lipinski definition) is 3. The maximum atomic E-state index is 14.2. The lowest BCUT2D eigenvalue weighted by molar-refractivity contribution is -0.173. The van der Waals surface area contributed by atoms with Crippen molar-refractivity contribution in [3.63, 3.8) is 0 Å². The summed E-state index contributed by atoms with van der Waals surface area (Å²) in [5.74, 6) is -2.77. The summed E-state index contributed by atoms with van der Waals surface area (Å²) in [6, 6.07) is 9.97. The summed E-state index contributed by atoms with van der Waals surface area (Å²) in [5, 5.41) is 2.66. The van der Waals surface area contributed by atoms with Gasteiger partial charge in [-0.3, -0.25) is 9.59 Å². The molecule has 0 unspecified atom stereocenters. The van der Waals surface area contributed by atoms with E-state index in [-0.39, 0.29) is 17.4 Å². The number of nitrogens with one attached hydrogen (secondary N) is 1. The van der Waals surface area contributed by atoms with Crippen LogP contribution < -0.4 is 5.32 Å². The molecule has 6 nitrogen and oxygen atoms in total. The molecule has 37 heavy (non-hydrogen) atoms. The average Bonchev–Trinajstić information content (AvgIpc) is 3.24. The van der Waals surface area contributed by atoms with Gasteiger partial charge in [0.2, 0.25) is 0 Å². The van der Waals surface area contributed by atoms with Crippen molar-refractivity contribution in [3.8, 4) is 0 Å². The highest BCUT2D eigenvalue weighted by Crippen LogP contribution is 2.32. The van der Waals surface area contributed by atoms with Crippen LogP contribution in [0, 0.1) is 12.7 Å². The number of ether oxygens (including phenoxy) is 1. The van der Waals surface area contributed by atoms with Crippen molar-refractivity contribution in [2.24, 2.45) is 0 Å². The number of piperidine rings is 1. The molecule has 2 heterocycles. The van der Waals surface area contributed by atoms with Crippen LogP contribution >= 0.6 is 0 Å². The normalized spacial score (nSPS) is 14.8. The molecule has 3 aromatic rings. The van der Waals surface area contributed by atoms with Gasteiger partial charge in [-0.25, -0.2) is 4.39 Å². The topological polar surface area (TPSA) is 63.6 Å². The molecule has 0 spiro atoms. The van der Waals surface area contributed by atoms with Gasteiger partial charge in [0, 0.05) is 44.9 Å². The smallest absolute Gasteiger partial charge is 0.383 e. The number of alkyl halides is 3. The zero-order chi connectivity index (χ0) is 26.7. The second kappa shape index (κ2) is 10.9. The predicted molar refractivity (Wildman–Crippen MR) is 131 cm³/mol. The first kappa shape index (κ1) is 26.7. The summed E-state index contributed by atoms with van der Waals surface area (Å²) in [6.45, 7) is 3.67. The lowest BCUT2D eigenvalue weighted by Crippen LogP contribution is -2.38. The highest BCUT2D eigenvalue weighted by Gasteiger charge is 2.38. The van der Waals surface area contributed by atoms with E-state index >= 15 is 0 Å². The zero-order valence-corrected chi connectivity index (χ0v) is 20.7. The molecule has 0 aliphatic carbocycles. The van der Waals surface area contributed by atoms with E-state index in [4.69, 9.17) is 4.74 Å². The average molecular weight is 520 g/mol. The van der Waals surface area contributed by atoms with Crippen LogP contribution in [-0.4, -0.2) is 54.3 Å². The summed E-state index contributed by atoms with van der Waals surface area (Å²) in [4.78, 5) is 26.4. The highest BCUT2D eigenvalue weighted by molar-refractivity contribution is 6.07. The third-order valence-electron chi connectivity index (χ3n) is 6.81. The van der Waals surface area contributed by atoms with E-state index in [9.17, 15) is 27.2 Å². The number of halogens is 4. The van der Waals surface area contributed by atoms with Crippen molar-refractivity contribution in [1.82, 2.24) is 14.8 Å². The van der Waals surface area contributed by atoms with Crippen LogP contribution in [0.5, 0.6) is 0 Å². The predicted octanol–water partition coefficient (Wildman–Crippen LogP) is 4.93. The van der Waals surface area contributed by atoms with Gasteiger partial charge in [0.05, 0.1) is 17.7 Å². The Balaban J connectivity index is 1.46. The minimum Gasteiger partial charge on any atom is -0.383 e. The number of methoxy groups -OCH3 is 1. The molecule has 198 valence electrons. The Morgan fingerprint density at radius 2 is 1.86 bits per heavy atom. The third kappa shape index (κ3) is 5.95. The number of fused-ring (bicyclic) bond motifs is 1. The van der Waals surface area contributed by atoms with Crippen molar-refractivity contribution >= 4 is 22.7 Å². The molecule has 4 rings (SSSR count). The Bertz CT molecular complexity index is 1290. The summed E-state index contributed by atoms with van der Waals surface area (Å²) in [5.41, 5.74) is 3.60. The number of amides is 2. The summed E-state index contributed by atoms with van der Waals surface area (Å²) >= 11 is 0. The van der Waals surface area contributed by atoms with E-state index in [1.807, 2.05) is 35.9 Å². The van der Waals surface area contributed by atoms with Crippen LogP contribution in [0.15, 0.2) is 42.6 Å². The van der Waals surface area contributed by atoms with Gasteiger partial charge in [-0.15, -0.1) is 0 Å². The number of hydrogen-bond donors (Lipinski definition) is 1. The number of nitrogens with zero attached hydrogens (tertiary/aromatic N) is 2.